The lowest BCUT2D eigenvalue weighted by Crippen LogP contribution is -2.44. The molecule has 0 saturated carbocycles. The molecule has 0 aliphatic carbocycles. The summed E-state index contributed by atoms with van der Waals surface area (Å²) in [5.74, 6) is 1.48. The standard InChI is InChI=1S/C22H22N6O2/c1-14-13-30-10-9-28(14)19-11-17(15-3-4-20(29-2)24-12-15)16-5-7-23-22(21(16)26-19)18-6-8-25-27-18/h3-8,11-12,14H,9-10,13H2,1-2H3,(H,25,27)/t14-/m1/s1. The molecule has 1 atom stereocenters. The van der Waals surface area contributed by atoms with Gasteiger partial charge >= 0.3 is 0 Å². The molecule has 152 valence electrons. The summed E-state index contributed by atoms with van der Waals surface area (Å²) in [5.41, 5.74) is 4.47. The average molecular weight is 402 g/mol. The molecule has 5 rings (SSSR count). The van der Waals surface area contributed by atoms with Gasteiger partial charge in [-0.1, -0.05) is 0 Å². The number of morpholine rings is 1. The van der Waals surface area contributed by atoms with Crippen molar-refractivity contribution in [3.05, 3.63) is 48.9 Å². The first-order valence-electron chi connectivity index (χ1n) is 9.89. The summed E-state index contributed by atoms with van der Waals surface area (Å²) in [4.78, 5) is 16.3. The number of H-pyrrole nitrogens is 1. The van der Waals surface area contributed by atoms with Crippen LogP contribution in [0.4, 0.5) is 5.82 Å². The predicted octanol–water partition coefficient (Wildman–Crippen LogP) is 3.32. The second-order valence-electron chi connectivity index (χ2n) is 7.26. The molecule has 0 bridgehead atoms. The van der Waals surface area contributed by atoms with E-state index in [1.165, 1.54) is 0 Å². The molecule has 8 nitrogen and oxygen atoms in total. The number of methoxy groups -OCH3 is 1. The predicted molar refractivity (Wildman–Crippen MR) is 115 cm³/mol. The molecule has 0 spiro atoms. The fraction of sp³-hybridized carbons (Fsp3) is 0.273. The first kappa shape index (κ1) is 18.5. The Balaban J connectivity index is 1.75. The number of aromatic nitrogens is 5. The molecule has 1 fully saturated rings. The molecule has 4 aromatic heterocycles. The third-order valence-corrected chi connectivity index (χ3v) is 5.39. The zero-order valence-corrected chi connectivity index (χ0v) is 16.9. The van der Waals surface area contributed by atoms with Crippen LogP contribution in [0.1, 0.15) is 6.92 Å². The average Bonchev–Trinajstić information content (AvgIpc) is 3.33. The summed E-state index contributed by atoms with van der Waals surface area (Å²) in [5, 5.41) is 8.10. The molecule has 1 aliphatic rings. The molecular formula is C22H22N6O2. The van der Waals surface area contributed by atoms with Crippen LogP contribution < -0.4 is 9.64 Å². The maximum absolute atomic E-state index is 5.63. The van der Waals surface area contributed by atoms with Crippen LogP contribution in [0.25, 0.3) is 33.4 Å². The third kappa shape index (κ3) is 3.25. The number of rotatable bonds is 4. The molecule has 1 saturated heterocycles. The lowest BCUT2D eigenvalue weighted by Gasteiger charge is -2.34. The second kappa shape index (κ2) is 7.72. The second-order valence-corrected chi connectivity index (χ2v) is 7.26. The van der Waals surface area contributed by atoms with E-state index in [1.54, 1.807) is 19.5 Å². The topological polar surface area (TPSA) is 89.0 Å². The maximum Gasteiger partial charge on any atom is 0.212 e. The minimum absolute atomic E-state index is 0.234. The lowest BCUT2D eigenvalue weighted by molar-refractivity contribution is 0.0986. The van der Waals surface area contributed by atoms with Crippen molar-refractivity contribution >= 4 is 16.7 Å². The van der Waals surface area contributed by atoms with E-state index in [0.29, 0.717) is 19.1 Å². The minimum atomic E-state index is 0.234. The molecule has 5 heterocycles. The summed E-state index contributed by atoms with van der Waals surface area (Å²) >= 11 is 0. The van der Waals surface area contributed by atoms with Crippen LogP contribution in [0.2, 0.25) is 0 Å². The van der Waals surface area contributed by atoms with E-state index in [-0.39, 0.29) is 6.04 Å². The van der Waals surface area contributed by atoms with Gasteiger partial charge in [-0.3, -0.25) is 10.1 Å². The highest BCUT2D eigenvalue weighted by atomic mass is 16.5. The van der Waals surface area contributed by atoms with Crippen LogP contribution in [-0.2, 0) is 4.74 Å². The Morgan fingerprint density at radius 1 is 1.17 bits per heavy atom. The number of nitrogens with one attached hydrogen (secondary N) is 1. The van der Waals surface area contributed by atoms with E-state index >= 15 is 0 Å². The number of hydrogen-bond acceptors (Lipinski definition) is 7. The summed E-state index contributed by atoms with van der Waals surface area (Å²) < 4.78 is 10.9. The van der Waals surface area contributed by atoms with Gasteiger partial charge in [-0.2, -0.15) is 5.10 Å². The largest absolute Gasteiger partial charge is 0.481 e. The van der Waals surface area contributed by atoms with Crippen LogP contribution in [0.15, 0.2) is 48.9 Å². The molecular weight excluding hydrogens is 380 g/mol. The third-order valence-electron chi connectivity index (χ3n) is 5.39. The highest BCUT2D eigenvalue weighted by Crippen LogP contribution is 2.35. The van der Waals surface area contributed by atoms with Crippen molar-refractivity contribution < 1.29 is 9.47 Å². The number of nitrogens with zero attached hydrogens (tertiary/aromatic N) is 5. The van der Waals surface area contributed by atoms with Crippen molar-refractivity contribution in [2.24, 2.45) is 0 Å². The van der Waals surface area contributed by atoms with Crippen molar-refractivity contribution in [1.82, 2.24) is 25.1 Å². The lowest BCUT2D eigenvalue weighted by atomic mass is 10.0. The van der Waals surface area contributed by atoms with Crippen LogP contribution in [-0.4, -0.2) is 58.1 Å². The van der Waals surface area contributed by atoms with Gasteiger partial charge in [-0.05, 0) is 36.8 Å². The zero-order valence-electron chi connectivity index (χ0n) is 16.9. The van der Waals surface area contributed by atoms with Gasteiger partial charge in [0.15, 0.2) is 0 Å². The Bertz CT molecular complexity index is 1160. The number of fused-ring (bicyclic) bond motifs is 1. The van der Waals surface area contributed by atoms with Crippen molar-refractivity contribution in [1.29, 1.82) is 0 Å². The number of pyridine rings is 3. The van der Waals surface area contributed by atoms with Crippen molar-refractivity contribution in [3.63, 3.8) is 0 Å². The Kier molecular flexibility index (Phi) is 4.76. The van der Waals surface area contributed by atoms with Crippen molar-refractivity contribution in [3.8, 4) is 28.4 Å². The van der Waals surface area contributed by atoms with Gasteiger partial charge in [0.2, 0.25) is 5.88 Å². The van der Waals surface area contributed by atoms with Gasteiger partial charge in [0.1, 0.15) is 17.0 Å². The first-order valence-corrected chi connectivity index (χ1v) is 9.89. The minimum Gasteiger partial charge on any atom is -0.481 e. The monoisotopic (exact) mass is 402 g/mol. The summed E-state index contributed by atoms with van der Waals surface area (Å²) in [6.07, 6.45) is 5.35. The molecule has 4 aromatic rings. The number of anilines is 1. The van der Waals surface area contributed by atoms with Crippen LogP contribution in [0, 0.1) is 0 Å². The normalized spacial score (nSPS) is 16.7. The van der Waals surface area contributed by atoms with Crippen molar-refractivity contribution in [2.45, 2.75) is 13.0 Å². The molecule has 0 unspecified atom stereocenters. The number of hydrogen-bond donors (Lipinski definition) is 1. The van der Waals surface area contributed by atoms with E-state index in [4.69, 9.17) is 14.5 Å². The van der Waals surface area contributed by atoms with Gasteiger partial charge in [-0.15, -0.1) is 0 Å². The van der Waals surface area contributed by atoms with Gasteiger partial charge in [0, 0.05) is 42.2 Å². The van der Waals surface area contributed by atoms with Crippen LogP contribution in [0.5, 0.6) is 5.88 Å². The number of ether oxygens (including phenoxy) is 2. The Morgan fingerprint density at radius 2 is 2.10 bits per heavy atom. The van der Waals surface area contributed by atoms with E-state index in [1.807, 2.05) is 30.5 Å². The quantitative estimate of drug-likeness (QED) is 0.560. The van der Waals surface area contributed by atoms with Gasteiger partial charge in [0.25, 0.3) is 0 Å². The smallest absolute Gasteiger partial charge is 0.212 e. The molecule has 8 heteroatoms. The fourth-order valence-electron chi connectivity index (χ4n) is 3.84. The van der Waals surface area contributed by atoms with Crippen LogP contribution >= 0.6 is 0 Å². The highest BCUT2D eigenvalue weighted by molar-refractivity contribution is 6.01. The van der Waals surface area contributed by atoms with E-state index in [2.05, 4.69) is 38.1 Å². The highest BCUT2D eigenvalue weighted by Gasteiger charge is 2.23. The van der Waals surface area contributed by atoms with Gasteiger partial charge < -0.3 is 14.4 Å². The molecule has 0 radical (unpaired) electrons. The summed E-state index contributed by atoms with van der Waals surface area (Å²) in [6.45, 7) is 4.31. The van der Waals surface area contributed by atoms with E-state index < -0.39 is 0 Å². The SMILES string of the molecule is COc1ccc(-c2cc(N3CCOC[C@H]3C)nc3c(-c4ccn[nH]4)nccc23)cn1. The summed E-state index contributed by atoms with van der Waals surface area (Å²) in [7, 11) is 1.62. The Hall–Kier alpha value is -3.52. The summed E-state index contributed by atoms with van der Waals surface area (Å²) in [6, 6.07) is 10.2. The van der Waals surface area contributed by atoms with Gasteiger partial charge in [0.05, 0.1) is 32.1 Å². The molecule has 30 heavy (non-hydrogen) atoms. The van der Waals surface area contributed by atoms with E-state index in [0.717, 1.165) is 45.8 Å². The van der Waals surface area contributed by atoms with Crippen LogP contribution in [0.3, 0.4) is 0 Å². The van der Waals surface area contributed by atoms with Gasteiger partial charge in [-0.25, -0.2) is 9.97 Å². The molecule has 1 N–H and O–H groups in total. The molecule has 1 aliphatic heterocycles. The number of aromatic amines is 1. The Morgan fingerprint density at radius 3 is 2.83 bits per heavy atom. The fourth-order valence-corrected chi connectivity index (χ4v) is 3.84. The maximum atomic E-state index is 5.63. The zero-order chi connectivity index (χ0) is 20.5. The Labute approximate surface area is 173 Å². The molecule has 0 amide bonds. The first-order chi connectivity index (χ1) is 14.7. The van der Waals surface area contributed by atoms with E-state index in [9.17, 15) is 0 Å². The van der Waals surface area contributed by atoms with Crippen molar-refractivity contribution in [2.75, 3.05) is 31.8 Å². The molecule has 0 aromatic carbocycles.